The van der Waals surface area contributed by atoms with Gasteiger partial charge in [0.25, 0.3) is 5.69 Å². The average Bonchev–Trinajstić information content (AvgIpc) is 2.88. The van der Waals surface area contributed by atoms with Crippen molar-refractivity contribution in [3.8, 4) is 0 Å². The van der Waals surface area contributed by atoms with Crippen LogP contribution in [0, 0.1) is 10.1 Å². The van der Waals surface area contributed by atoms with Crippen molar-refractivity contribution in [1.82, 2.24) is 19.2 Å². The minimum Gasteiger partial charge on any atom is -0.353 e. The molecule has 37 heavy (non-hydrogen) atoms. The van der Waals surface area contributed by atoms with Crippen LogP contribution >= 0.6 is 11.6 Å². The summed E-state index contributed by atoms with van der Waals surface area (Å²) < 4.78 is 28.2. The highest BCUT2D eigenvalue weighted by molar-refractivity contribution is 7.89. The van der Waals surface area contributed by atoms with Crippen molar-refractivity contribution in [1.29, 1.82) is 0 Å². The van der Waals surface area contributed by atoms with E-state index in [0.717, 1.165) is 36.6 Å². The first-order chi connectivity index (χ1) is 17.7. The van der Waals surface area contributed by atoms with Crippen molar-refractivity contribution >= 4 is 33.1 Å². The lowest BCUT2D eigenvalue weighted by molar-refractivity contribution is -0.387. The number of sulfonamides is 1. The van der Waals surface area contributed by atoms with Gasteiger partial charge in [-0.1, -0.05) is 42.5 Å². The van der Waals surface area contributed by atoms with E-state index < -0.39 is 26.7 Å². The zero-order valence-corrected chi connectivity index (χ0v) is 21.9. The molecule has 5 rings (SSSR count). The fourth-order valence-electron chi connectivity index (χ4n) is 5.10. The highest BCUT2D eigenvalue weighted by Crippen LogP contribution is 2.33. The molecule has 1 saturated heterocycles. The third-order valence-corrected chi connectivity index (χ3v) is 9.08. The van der Waals surface area contributed by atoms with Gasteiger partial charge in [-0.25, -0.2) is 18.4 Å². The summed E-state index contributed by atoms with van der Waals surface area (Å²) in [5, 5.41) is 11.6. The second-order valence-corrected chi connectivity index (χ2v) is 11.5. The van der Waals surface area contributed by atoms with Crippen LogP contribution in [0.1, 0.15) is 23.7 Å². The van der Waals surface area contributed by atoms with Crippen molar-refractivity contribution in [2.24, 2.45) is 0 Å². The van der Waals surface area contributed by atoms with Crippen molar-refractivity contribution in [2.75, 3.05) is 31.1 Å². The molecule has 3 aromatic rings. The fourth-order valence-corrected chi connectivity index (χ4v) is 7.06. The molecule has 1 fully saturated rings. The van der Waals surface area contributed by atoms with Crippen LogP contribution in [0.3, 0.4) is 0 Å². The number of hydrogen-bond donors (Lipinski definition) is 0. The zero-order valence-electron chi connectivity index (χ0n) is 20.3. The summed E-state index contributed by atoms with van der Waals surface area (Å²) in [6, 6.07) is 15.3. The summed E-state index contributed by atoms with van der Waals surface area (Å²) in [6.45, 7) is 5.05. The Balaban J connectivity index is 1.38. The molecule has 12 heteroatoms. The lowest BCUT2D eigenvalue weighted by Crippen LogP contribution is -2.54. The maximum atomic E-state index is 13.4. The van der Waals surface area contributed by atoms with Crippen LogP contribution in [-0.4, -0.2) is 64.7 Å². The number of nitro benzene ring substituents is 1. The minimum atomic E-state index is -4.06. The first kappa shape index (κ1) is 25.5. The number of piperazine rings is 1. The van der Waals surface area contributed by atoms with E-state index in [2.05, 4.69) is 31.9 Å². The van der Waals surface area contributed by atoms with Crippen LogP contribution in [0.15, 0.2) is 59.5 Å². The summed E-state index contributed by atoms with van der Waals surface area (Å²) in [4.78, 5) is 23.9. The lowest BCUT2D eigenvalue weighted by atomic mass is 10.0. The summed E-state index contributed by atoms with van der Waals surface area (Å²) in [5.41, 5.74) is 2.73. The fraction of sp³-hybridized carbons (Fsp3) is 0.360. The maximum Gasteiger partial charge on any atom is 0.289 e. The molecule has 0 N–H and O–H groups in total. The van der Waals surface area contributed by atoms with Gasteiger partial charge < -0.3 is 4.90 Å². The van der Waals surface area contributed by atoms with E-state index in [-0.39, 0.29) is 16.7 Å². The second-order valence-electron chi connectivity index (χ2n) is 9.32. The zero-order chi connectivity index (χ0) is 26.2. The van der Waals surface area contributed by atoms with Gasteiger partial charge in [0.1, 0.15) is 5.82 Å². The van der Waals surface area contributed by atoms with E-state index in [1.165, 1.54) is 34.1 Å². The van der Waals surface area contributed by atoms with E-state index in [1.807, 2.05) is 18.2 Å². The van der Waals surface area contributed by atoms with Crippen molar-refractivity contribution in [3.63, 3.8) is 0 Å². The topological polar surface area (TPSA) is 113 Å². The smallest absolute Gasteiger partial charge is 0.289 e. The third-order valence-electron chi connectivity index (χ3n) is 6.85. The molecule has 0 bridgehead atoms. The Kier molecular flexibility index (Phi) is 7.13. The van der Waals surface area contributed by atoms with E-state index in [0.29, 0.717) is 19.6 Å². The molecular formula is C25H27ClN6O4S. The quantitative estimate of drug-likeness (QED) is 0.264. The molecule has 0 spiro atoms. The van der Waals surface area contributed by atoms with Gasteiger partial charge in [-0.2, -0.15) is 4.31 Å². The van der Waals surface area contributed by atoms with Crippen LogP contribution in [0.5, 0.6) is 0 Å². The van der Waals surface area contributed by atoms with Gasteiger partial charge in [0.15, 0.2) is 4.90 Å². The Hall–Kier alpha value is -3.12. The largest absolute Gasteiger partial charge is 0.353 e. The van der Waals surface area contributed by atoms with E-state index in [1.54, 1.807) is 6.92 Å². The predicted octanol–water partition coefficient (Wildman–Crippen LogP) is 3.50. The molecule has 10 nitrogen and oxygen atoms in total. The monoisotopic (exact) mass is 542 g/mol. The summed E-state index contributed by atoms with van der Waals surface area (Å²) in [5.74, 6) is 0.724. The molecule has 2 aromatic carbocycles. The Morgan fingerprint density at radius 2 is 1.78 bits per heavy atom. The van der Waals surface area contributed by atoms with Gasteiger partial charge in [-0.15, -0.1) is 0 Å². The van der Waals surface area contributed by atoms with Crippen LogP contribution in [0.25, 0.3) is 0 Å². The molecule has 194 valence electrons. The number of fused-ring (bicyclic) bond motifs is 1. The van der Waals surface area contributed by atoms with E-state index in [4.69, 9.17) is 11.6 Å². The van der Waals surface area contributed by atoms with E-state index >= 15 is 0 Å². The van der Waals surface area contributed by atoms with Gasteiger partial charge in [-0.05, 0) is 30.2 Å². The third kappa shape index (κ3) is 5.17. The number of halogens is 1. The molecule has 0 aliphatic carbocycles. The number of nitro groups is 1. The summed E-state index contributed by atoms with van der Waals surface area (Å²) >= 11 is 6.30. The first-order valence-corrected chi connectivity index (χ1v) is 13.9. The lowest BCUT2D eigenvalue weighted by Gasteiger charge is -2.41. The van der Waals surface area contributed by atoms with Crippen molar-refractivity contribution in [3.05, 3.63) is 86.8 Å². The van der Waals surface area contributed by atoms with Crippen LogP contribution in [0.4, 0.5) is 11.5 Å². The number of anilines is 1. The average molecular weight is 543 g/mol. The number of nitrogens with zero attached hydrogens (tertiary/aromatic N) is 6. The number of aromatic nitrogens is 2. The normalized spacial score (nSPS) is 19.0. The number of benzene rings is 2. The minimum absolute atomic E-state index is 0.166. The molecule has 2 aliphatic heterocycles. The van der Waals surface area contributed by atoms with Crippen molar-refractivity contribution in [2.45, 2.75) is 37.4 Å². The van der Waals surface area contributed by atoms with Gasteiger partial charge in [0.05, 0.1) is 10.6 Å². The molecule has 0 saturated carbocycles. The highest BCUT2D eigenvalue weighted by atomic mass is 35.5. The summed E-state index contributed by atoms with van der Waals surface area (Å²) in [6.07, 6.45) is 0.749. The molecular weight excluding hydrogens is 516 g/mol. The molecule has 0 radical (unpaired) electrons. The van der Waals surface area contributed by atoms with Gasteiger partial charge in [0.2, 0.25) is 15.3 Å². The Morgan fingerprint density at radius 3 is 2.51 bits per heavy atom. The van der Waals surface area contributed by atoms with E-state index in [9.17, 15) is 18.5 Å². The van der Waals surface area contributed by atoms with Crippen LogP contribution < -0.4 is 4.90 Å². The molecule has 0 amide bonds. The molecule has 0 unspecified atom stereocenters. The predicted molar refractivity (Wildman–Crippen MR) is 140 cm³/mol. The van der Waals surface area contributed by atoms with Gasteiger partial charge in [-0.3, -0.25) is 15.0 Å². The SMILES string of the molecule is C[C@@H]1CN(c2nc(Cl)nc3c2CN(Cc2ccccc2)CC3)CCN1S(=O)(=O)c1ccccc1[N+](=O)[O-]. The van der Waals surface area contributed by atoms with Crippen LogP contribution in [0.2, 0.25) is 5.28 Å². The van der Waals surface area contributed by atoms with Gasteiger partial charge >= 0.3 is 0 Å². The maximum absolute atomic E-state index is 13.4. The molecule has 2 aliphatic rings. The van der Waals surface area contributed by atoms with Crippen LogP contribution in [-0.2, 0) is 29.5 Å². The molecule has 1 aromatic heterocycles. The number of para-hydroxylation sites is 1. The second kappa shape index (κ2) is 10.3. The van der Waals surface area contributed by atoms with Gasteiger partial charge in [0, 0.05) is 63.4 Å². The highest BCUT2D eigenvalue weighted by Gasteiger charge is 2.38. The molecule has 3 heterocycles. The Bertz CT molecular complexity index is 1420. The number of hydrogen-bond acceptors (Lipinski definition) is 8. The van der Waals surface area contributed by atoms with Crippen molar-refractivity contribution < 1.29 is 13.3 Å². The number of rotatable bonds is 6. The summed E-state index contributed by atoms with van der Waals surface area (Å²) in [7, 11) is -4.06. The molecule has 1 atom stereocenters. The Morgan fingerprint density at radius 1 is 1.05 bits per heavy atom. The first-order valence-electron chi connectivity index (χ1n) is 12.1. The standard InChI is InChI=1S/C25H27ClN6O4S/c1-18-15-30(13-14-31(18)37(35,36)23-10-6-5-9-22(23)32(33)34)24-20-17-29(16-19-7-3-2-4-8-19)12-11-21(20)27-25(26)28-24/h2-10,18H,11-17H2,1H3/t18-/m1/s1. The Labute approximate surface area is 220 Å².